The zero-order valence-electron chi connectivity index (χ0n) is 13.5. The lowest BCUT2D eigenvalue weighted by molar-refractivity contribution is -0.122. The van der Waals surface area contributed by atoms with Crippen molar-refractivity contribution in [2.75, 3.05) is 52.9 Å². The van der Waals surface area contributed by atoms with E-state index in [9.17, 15) is 4.79 Å². The summed E-state index contributed by atoms with van der Waals surface area (Å²) in [5, 5.41) is 6.39. The Bertz CT molecular complexity index is 263. The first-order chi connectivity index (χ1) is 9.59. The Hall–Kier alpha value is -0.650. The van der Waals surface area contributed by atoms with E-state index in [1.807, 2.05) is 0 Å². The van der Waals surface area contributed by atoms with Gasteiger partial charge in [0.25, 0.3) is 0 Å². The summed E-state index contributed by atoms with van der Waals surface area (Å²) in [5.74, 6) is 0.170. The largest absolute Gasteiger partial charge is 0.355 e. The number of rotatable bonds is 8. The minimum absolute atomic E-state index is 0.170. The lowest BCUT2D eigenvalue weighted by Gasteiger charge is -2.21. The molecule has 1 aliphatic rings. The summed E-state index contributed by atoms with van der Waals surface area (Å²) in [4.78, 5) is 16.4. The molecule has 0 aromatic rings. The number of carbonyl (C=O) groups excluding carboxylic acids is 1. The van der Waals surface area contributed by atoms with Gasteiger partial charge in [-0.25, -0.2) is 0 Å². The molecule has 0 aromatic carbocycles. The fourth-order valence-electron chi connectivity index (χ4n) is 2.29. The predicted octanol–water partition coefficient (Wildman–Crippen LogP) is 0.518. The van der Waals surface area contributed by atoms with Crippen LogP contribution in [-0.4, -0.2) is 74.6 Å². The lowest BCUT2D eigenvalue weighted by atomic mass is 10.2. The molecule has 5 heteroatoms. The van der Waals surface area contributed by atoms with Crippen molar-refractivity contribution in [2.24, 2.45) is 0 Å². The summed E-state index contributed by atoms with van der Waals surface area (Å²) in [7, 11) is 2.15. The van der Waals surface area contributed by atoms with Crippen molar-refractivity contribution >= 4 is 5.91 Å². The van der Waals surface area contributed by atoms with E-state index < -0.39 is 0 Å². The summed E-state index contributed by atoms with van der Waals surface area (Å²) in [6, 6.07) is 0.598. The molecule has 1 saturated heterocycles. The van der Waals surface area contributed by atoms with Crippen LogP contribution in [0.1, 0.15) is 33.1 Å². The molecule has 1 heterocycles. The van der Waals surface area contributed by atoms with Gasteiger partial charge >= 0.3 is 0 Å². The topological polar surface area (TPSA) is 47.6 Å². The maximum absolute atomic E-state index is 11.8. The van der Waals surface area contributed by atoms with E-state index in [0.717, 1.165) is 58.5 Å². The van der Waals surface area contributed by atoms with E-state index in [1.165, 1.54) is 0 Å². The minimum atomic E-state index is 0.170. The van der Waals surface area contributed by atoms with Gasteiger partial charge in [0, 0.05) is 25.7 Å². The molecule has 1 fully saturated rings. The number of hydrogen-bond acceptors (Lipinski definition) is 4. The van der Waals surface area contributed by atoms with Crippen LogP contribution in [-0.2, 0) is 4.79 Å². The first-order valence-electron chi connectivity index (χ1n) is 7.99. The van der Waals surface area contributed by atoms with Crippen LogP contribution >= 0.6 is 0 Å². The number of unbranched alkanes of at least 4 members (excludes halogenated alkanes) is 1. The van der Waals surface area contributed by atoms with Gasteiger partial charge in [-0.1, -0.05) is 0 Å². The van der Waals surface area contributed by atoms with Gasteiger partial charge in [-0.3, -0.25) is 9.69 Å². The second-order valence-electron chi connectivity index (χ2n) is 6.01. The van der Waals surface area contributed by atoms with Crippen molar-refractivity contribution in [1.29, 1.82) is 0 Å². The van der Waals surface area contributed by atoms with Crippen LogP contribution in [0.15, 0.2) is 0 Å². The van der Waals surface area contributed by atoms with Crippen LogP contribution in [0.3, 0.4) is 0 Å². The Morgan fingerprint density at radius 1 is 1.30 bits per heavy atom. The molecular formula is C15H32N4O. The summed E-state index contributed by atoms with van der Waals surface area (Å²) in [6.45, 7) is 10.9. The fraction of sp³-hybridized carbons (Fsp3) is 0.933. The highest BCUT2D eigenvalue weighted by Crippen LogP contribution is 1.98. The molecule has 118 valence electrons. The summed E-state index contributed by atoms with van der Waals surface area (Å²) in [6.07, 6.45) is 3.34. The first kappa shape index (κ1) is 17.4. The van der Waals surface area contributed by atoms with Gasteiger partial charge in [-0.05, 0) is 59.8 Å². The molecule has 0 unspecified atom stereocenters. The van der Waals surface area contributed by atoms with Crippen molar-refractivity contribution in [2.45, 2.75) is 39.2 Å². The molecule has 0 radical (unpaired) electrons. The SMILES string of the molecule is CC(C)N(C)CCCCNC(=O)CN1CCCNCC1. The Labute approximate surface area is 124 Å². The van der Waals surface area contributed by atoms with Gasteiger partial charge in [0.2, 0.25) is 5.91 Å². The molecule has 0 aromatic heterocycles. The normalized spacial score (nSPS) is 17.4. The zero-order chi connectivity index (χ0) is 14.8. The van der Waals surface area contributed by atoms with Crippen molar-refractivity contribution in [3.8, 4) is 0 Å². The van der Waals surface area contributed by atoms with Gasteiger partial charge < -0.3 is 15.5 Å². The van der Waals surface area contributed by atoms with Gasteiger partial charge in [0.15, 0.2) is 0 Å². The monoisotopic (exact) mass is 284 g/mol. The van der Waals surface area contributed by atoms with Gasteiger partial charge in [-0.2, -0.15) is 0 Å². The Morgan fingerprint density at radius 2 is 2.10 bits per heavy atom. The van der Waals surface area contributed by atoms with Gasteiger partial charge in [-0.15, -0.1) is 0 Å². The highest BCUT2D eigenvalue weighted by atomic mass is 16.2. The zero-order valence-corrected chi connectivity index (χ0v) is 13.5. The molecule has 0 atom stereocenters. The highest BCUT2D eigenvalue weighted by Gasteiger charge is 2.12. The molecule has 0 saturated carbocycles. The standard InChI is InChI=1S/C15H32N4O/c1-14(2)18(3)10-5-4-8-17-15(20)13-19-11-6-7-16-9-12-19/h14,16H,4-13H2,1-3H3,(H,17,20). The number of hydrogen-bond donors (Lipinski definition) is 2. The molecule has 1 aliphatic heterocycles. The average molecular weight is 284 g/mol. The third-order valence-corrected chi connectivity index (χ3v) is 3.94. The van der Waals surface area contributed by atoms with Crippen LogP contribution < -0.4 is 10.6 Å². The average Bonchev–Trinajstić information content (AvgIpc) is 2.66. The fourth-order valence-corrected chi connectivity index (χ4v) is 2.29. The molecular weight excluding hydrogens is 252 g/mol. The quantitative estimate of drug-likeness (QED) is 0.638. The summed E-state index contributed by atoms with van der Waals surface area (Å²) >= 11 is 0. The molecule has 0 spiro atoms. The van der Waals surface area contributed by atoms with Crippen LogP contribution in [0.4, 0.5) is 0 Å². The maximum atomic E-state index is 11.8. The Morgan fingerprint density at radius 3 is 2.85 bits per heavy atom. The van der Waals surface area contributed by atoms with Crippen LogP contribution in [0, 0.1) is 0 Å². The van der Waals surface area contributed by atoms with E-state index >= 15 is 0 Å². The van der Waals surface area contributed by atoms with E-state index in [-0.39, 0.29) is 5.91 Å². The van der Waals surface area contributed by atoms with Crippen LogP contribution in [0.25, 0.3) is 0 Å². The van der Waals surface area contributed by atoms with Crippen molar-refractivity contribution < 1.29 is 4.79 Å². The molecule has 2 N–H and O–H groups in total. The molecule has 0 bridgehead atoms. The number of carbonyl (C=O) groups is 1. The van der Waals surface area contributed by atoms with Crippen molar-refractivity contribution in [1.82, 2.24) is 20.4 Å². The van der Waals surface area contributed by atoms with Gasteiger partial charge in [0.1, 0.15) is 0 Å². The number of nitrogens with zero attached hydrogens (tertiary/aromatic N) is 2. The summed E-state index contributed by atoms with van der Waals surface area (Å²) in [5.41, 5.74) is 0. The smallest absolute Gasteiger partial charge is 0.234 e. The molecule has 20 heavy (non-hydrogen) atoms. The van der Waals surface area contributed by atoms with E-state index in [1.54, 1.807) is 0 Å². The molecule has 5 nitrogen and oxygen atoms in total. The highest BCUT2D eigenvalue weighted by molar-refractivity contribution is 5.77. The Balaban J connectivity index is 2.02. The Kier molecular flexibility index (Phi) is 8.82. The van der Waals surface area contributed by atoms with Crippen molar-refractivity contribution in [3.63, 3.8) is 0 Å². The second-order valence-corrected chi connectivity index (χ2v) is 6.01. The van der Waals surface area contributed by atoms with Crippen LogP contribution in [0.5, 0.6) is 0 Å². The van der Waals surface area contributed by atoms with E-state index in [4.69, 9.17) is 0 Å². The summed E-state index contributed by atoms with van der Waals surface area (Å²) < 4.78 is 0. The third-order valence-electron chi connectivity index (χ3n) is 3.94. The predicted molar refractivity (Wildman–Crippen MR) is 83.9 cm³/mol. The number of amides is 1. The van der Waals surface area contributed by atoms with Crippen LogP contribution in [0.2, 0.25) is 0 Å². The first-order valence-corrected chi connectivity index (χ1v) is 7.99. The maximum Gasteiger partial charge on any atom is 0.234 e. The number of nitrogens with one attached hydrogen (secondary N) is 2. The minimum Gasteiger partial charge on any atom is -0.355 e. The van der Waals surface area contributed by atoms with E-state index in [2.05, 4.69) is 41.3 Å². The van der Waals surface area contributed by atoms with E-state index in [0.29, 0.717) is 12.6 Å². The third kappa shape index (κ3) is 7.82. The second kappa shape index (κ2) is 10.1. The molecule has 1 amide bonds. The molecule has 0 aliphatic carbocycles. The lowest BCUT2D eigenvalue weighted by Crippen LogP contribution is -2.39. The van der Waals surface area contributed by atoms with Crippen molar-refractivity contribution in [3.05, 3.63) is 0 Å². The molecule has 1 rings (SSSR count). The van der Waals surface area contributed by atoms with Gasteiger partial charge in [0.05, 0.1) is 6.54 Å².